The number of hydrogen-bond donors (Lipinski definition) is 2. The summed E-state index contributed by atoms with van der Waals surface area (Å²) in [5.74, 6) is 1.65. The first-order valence-corrected chi connectivity index (χ1v) is 8.20. The van der Waals surface area contributed by atoms with Crippen LogP contribution in [0.4, 0.5) is 5.69 Å². The number of rotatable bonds is 2. The van der Waals surface area contributed by atoms with Gasteiger partial charge in [0.2, 0.25) is 5.96 Å². The van der Waals surface area contributed by atoms with Crippen LogP contribution < -0.4 is 16.4 Å². The fraction of sp³-hybridized carbons (Fsp3) is 0.588. The van der Waals surface area contributed by atoms with E-state index in [0.29, 0.717) is 12.0 Å². The van der Waals surface area contributed by atoms with Crippen LogP contribution >= 0.6 is 0 Å². The summed E-state index contributed by atoms with van der Waals surface area (Å²) >= 11 is 0. The quantitative estimate of drug-likeness (QED) is 0.875. The van der Waals surface area contributed by atoms with E-state index in [1.165, 1.54) is 18.5 Å². The molecule has 1 aromatic rings. The molecule has 120 valence electrons. The van der Waals surface area contributed by atoms with E-state index in [0.717, 1.165) is 30.9 Å². The average Bonchev–Trinajstić information content (AvgIpc) is 2.55. The Morgan fingerprint density at radius 1 is 1.18 bits per heavy atom. The van der Waals surface area contributed by atoms with Crippen LogP contribution in [0.5, 0.6) is 0 Å². The predicted molar refractivity (Wildman–Crippen MR) is 91.8 cm³/mol. The summed E-state index contributed by atoms with van der Waals surface area (Å²) < 4.78 is 0. The maximum absolute atomic E-state index is 6.25. The molecule has 0 bridgehead atoms. The predicted octanol–water partition coefficient (Wildman–Crippen LogP) is 1.90. The number of fused-ring (bicyclic) bond motifs is 1. The summed E-state index contributed by atoms with van der Waals surface area (Å²) in [6.45, 7) is 0.808. The van der Waals surface area contributed by atoms with Crippen LogP contribution in [0.2, 0.25) is 0 Å². The first-order valence-electron chi connectivity index (χ1n) is 8.20. The highest BCUT2D eigenvalue weighted by Crippen LogP contribution is 2.37. The minimum absolute atomic E-state index is 0.273. The van der Waals surface area contributed by atoms with Crippen LogP contribution in [0.15, 0.2) is 29.3 Å². The Hall–Kier alpha value is -1.59. The summed E-state index contributed by atoms with van der Waals surface area (Å²) in [6.07, 6.45) is 4.46. The topological polar surface area (TPSA) is 70.9 Å². The molecule has 1 fully saturated rings. The van der Waals surface area contributed by atoms with Crippen molar-refractivity contribution in [2.75, 3.05) is 25.5 Å². The molecule has 1 aliphatic carbocycles. The summed E-state index contributed by atoms with van der Waals surface area (Å²) in [5.41, 5.74) is 14.4. The van der Waals surface area contributed by atoms with E-state index in [1.54, 1.807) is 0 Å². The zero-order chi connectivity index (χ0) is 15.7. The molecular formula is C17H27N5. The molecule has 0 spiro atoms. The second-order valence-electron chi connectivity index (χ2n) is 6.61. The van der Waals surface area contributed by atoms with Crippen molar-refractivity contribution in [3.63, 3.8) is 0 Å². The van der Waals surface area contributed by atoms with Gasteiger partial charge in [-0.2, -0.15) is 0 Å². The molecule has 4 N–H and O–H groups in total. The number of hydrogen-bond acceptors (Lipinski definition) is 5. The van der Waals surface area contributed by atoms with Gasteiger partial charge in [0.1, 0.15) is 6.17 Å². The summed E-state index contributed by atoms with van der Waals surface area (Å²) in [7, 11) is 4.08. The van der Waals surface area contributed by atoms with Gasteiger partial charge in [-0.15, -0.1) is 0 Å². The van der Waals surface area contributed by atoms with Gasteiger partial charge in [0.25, 0.3) is 0 Å². The average molecular weight is 301 g/mol. The molecule has 5 heteroatoms. The Kier molecular flexibility index (Phi) is 4.36. The summed E-state index contributed by atoms with van der Waals surface area (Å²) in [6, 6.07) is 8.87. The monoisotopic (exact) mass is 301 g/mol. The zero-order valence-electron chi connectivity index (χ0n) is 13.6. The third kappa shape index (κ3) is 2.71. The smallest absolute Gasteiger partial charge is 0.202 e. The van der Waals surface area contributed by atoms with Crippen LogP contribution in [-0.2, 0) is 0 Å². The van der Waals surface area contributed by atoms with E-state index in [4.69, 9.17) is 16.5 Å². The van der Waals surface area contributed by atoms with Gasteiger partial charge in [-0.1, -0.05) is 18.2 Å². The van der Waals surface area contributed by atoms with Crippen molar-refractivity contribution in [1.82, 2.24) is 4.90 Å². The molecule has 5 nitrogen and oxygen atoms in total. The number of anilines is 1. The molecule has 3 rings (SSSR count). The van der Waals surface area contributed by atoms with Gasteiger partial charge in [0, 0.05) is 25.7 Å². The molecule has 1 heterocycles. The Labute approximate surface area is 133 Å². The minimum Gasteiger partial charge on any atom is -0.349 e. The molecule has 0 radical (unpaired) electrons. The highest BCUT2D eigenvalue weighted by atomic mass is 15.4. The van der Waals surface area contributed by atoms with Crippen molar-refractivity contribution < 1.29 is 0 Å². The highest BCUT2D eigenvalue weighted by molar-refractivity contribution is 5.98. The third-order valence-corrected chi connectivity index (χ3v) is 4.90. The van der Waals surface area contributed by atoms with E-state index in [9.17, 15) is 0 Å². The number of guanidine groups is 1. The summed E-state index contributed by atoms with van der Waals surface area (Å²) in [5, 5.41) is 0. The number of aliphatic imine (C=N–C) groups is 1. The van der Waals surface area contributed by atoms with Gasteiger partial charge in [-0.05, 0) is 44.2 Å². The van der Waals surface area contributed by atoms with Gasteiger partial charge >= 0.3 is 0 Å². The van der Waals surface area contributed by atoms with Crippen molar-refractivity contribution in [1.29, 1.82) is 0 Å². The van der Waals surface area contributed by atoms with Crippen LogP contribution in [0.25, 0.3) is 0 Å². The Morgan fingerprint density at radius 2 is 1.86 bits per heavy atom. The maximum atomic E-state index is 6.25. The first-order chi connectivity index (χ1) is 10.6. The molecule has 22 heavy (non-hydrogen) atoms. The SMILES string of the molecule is CN(C)C1=NC(N)c2ccccc2N1[C@H]1CC[C@@H](CN)CC1. The van der Waals surface area contributed by atoms with Crippen molar-refractivity contribution in [2.24, 2.45) is 22.4 Å². The van der Waals surface area contributed by atoms with Crippen LogP contribution in [-0.4, -0.2) is 37.5 Å². The van der Waals surface area contributed by atoms with Gasteiger partial charge in [-0.25, -0.2) is 4.99 Å². The Morgan fingerprint density at radius 3 is 2.50 bits per heavy atom. The van der Waals surface area contributed by atoms with Gasteiger partial charge in [-0.3, -0.25) is 0 Å². The van der Waals surface area contributed by atoms with Crippen molar-refractivity contribution in [3.05, 3.63) is 29.8 Å². The van der Waals surface area contributed by atoms with Crippen LogP contribution in [0.3, 0.4) is 0 Å². The van der Waals surface area contributed by atoms with Crippen molar-refractivity contribution >= 4 is 11.6 Å². The number of para-hydroxylation sites is 1. The lowest BCUT2D eigenvalue weighted by atomic mass is 9.85. The molecule has 1 atom stereocenters. The highest BCUT2D eigenvalue weighted by Gasteiger charge is 2.34. The lowest BCUT2D eigenvalue weighted by Gasteiger charge is -2.43. The minimum atomic E-state index is -0.273. The lowest BCUT2D eigenvalue weighted by molar-refractivity contribution is 0.328. The molecule has 1 unspecified atom stereocenters. The third-order valence-electron chi connectivity index (χ3n) is 4.90. The second kappa shape index (κ2) is 6.26. The van der Waals surface area contributed by atoms with E-state index in [1.807, 2.05) is 20.2 Å². The number of nitrogens with two attached hydrogens (primary N) is 2. The maximum Gasteiger partial charge on any atom is 0.202 e. The largest absolute Gasteiger partial charge is 0.349 e. The molecule has 0 amide bonds. The number of benzene rings is 1. The van der Waals surface area contributed by atoms with Gasteiger partial charge in [0.15, 0.2) is 0 Å². The zero-order valence-corrected chi connectivity index (χ0v) is 13.6. The molecule has 1 aromatic carbocycles. The molecular weight excluding hydrogens is 274 g/mol. The first kappa shape index (κ1) is 15.3. The lowest BCUT2D eigenvalue weighted by Crippen LogP contribution is -2.51. The normalized spacial score (nSPS) is 28.1. The van der Waals surface area contributed by atoms with E-state index >= 15 is 0 Å². The van der Waals surface area contributed by atoms with Crippen LogP contribution in [0.1, 0.15) is 37.4 Å². The fourth-order valence-electron chi connectivity index (χ4n) is 3.65. The van der Waals surface area contributed by atoms with Crippen LogP contribution in [0, 0.1) is 5.92 Å². The van der Waals surface area contributed by atoms with E-state index in [-0.39, 0.29) is 6.17 Å². The standard InChI is InChI=1S/C17H27N5/c1-21(2)17-20-16(19)14-5-3-4-6-15(14)22(17)13-9-7-12(11-18)8-10-13/h3-6,12-13,16H,7-11,18-19H2,1-2H3/t12-,13+,16?. The molecule has 0 aromatic heterocycles. The van der Waals surface area contributed by atoms with Crippen molar-refractivity contribution in [3.8, 4) is 0 Å². The Balaban J connectivity index is 1.93. The van der Waals surface area contributed by atoms with E-state index < -0.39 is 0 Å². The molecule has 1 saturated carbocycles. The fourth-order valence-corrected chi connectivity index (χ4v) is 3.65. The molecule has 1 aliphatic heterocycles. The molecule has 0 saturated heterocycles. The summed E-state index contributed by atoms with van der Waals surface area (Å²) in [4.78, 5) is 9.21. The second-order valence-corrected chi connectivity index (χ2v) is 6.61. The van der Waals surface area contributed by atoms with Gasteiger partial charge in [0.05, 0.1) is 5.69 Å². The van der Waals surface area contributed by atoms with E-state index in [2.05, 4.69) is 28.0 Å². The number of nitrogens with zero attached hydrogens (tertiary/aromatic N) is 3. The molecule has 2 aliphatic rings. The van der Waals surface area contributed by atoms with Crippen molar-refractivity contribution in [2.45, 2.75) is 37.9 Å². The van der Waals surface area contributed by atoms with Gasteiger partial charge < -0.3 is 21.3 Å². The Bertz CT molecular complexity index is 546.